The van der Waals surface area contributed by atoms with Gasteiger partial charge in [0.1, 0.15) is 5.71 Å². The Morgan fingerprint density at radius 2 is 1.91 bits per heavy atom. The maximum atomic E-state index is 15.0. The van der Waals surface area contributed by atoms with Gasteiger partial charge in [0.15, 0.2) is 11.6 Å². The molecule has 0 saturated heterocycles. The summed E-state index contributed by atoms with van der Waals surface area (Å²) in [5.74, 6) is 4.57. The summed E-state index contributed by atoms with van der Waals surface area (Å²) in [7, 11) is 0. The Bertz CT molecular complexity index is 1300. The highest BCUT2D eigenvalue weighted by Crippen LogP contribution is 2.18. The largest absolute Gasteiger partial charge is 0.363 e. The molecule has 4 aromatic rings. The van der Waals surface area contributed by atoms with Crippen molar-refractivity contribution in [2.45, 2.75) is 13.5 Å². The zero-order chi connectivity index (χ0) is 22.5. The van der Waals surface area contributed by atoms with Gasteiger partial charge in [-0.15, -0.1) is 0 Å². The van der Waals surface area contributed by atoms with Crippen molar-refractivity contribution in [1.29, 1.82) is 5.41 Å². The highest BCUT2D eigenvalue weighted by atomic mass is 19.1. The lowest BCUT2D eigenvalue weighted by molar-refractivity contribution is 0.598. The van der Waals surface area contributed by atoms with Crippen LogP contribution in [0.4, 0.5) is 4.39 Å². The standard InChI is InChI=1S/C23H21FN8/c1-14-9-16(6-8-27-14)20-13-29-18(11-30-20)12-31-23(32-26)21(24)22(25)17-4-5-19-15(10-17)3-2-7-28-19/h2-11,13,25,31-32H,12,26H2,1H3/b23-21+,25-22?. The Labute approximate surface area is 184 Å². The number of aryl methyl sites for hydroxylation is 1. The molecular formula is C23H21FN8. The van der Waals surface area contributed by atoms with Crippen molar-refractivity contribution in [3.63, 3.8) is 0 Å². The molecule has 0 unspecified atom stereocenters. The zero-order valence-electron chi connectivity index (χ0n) is 17.3. The fourth-order valence-corrected chi connectivity index (χ4v) is 3.15. The van der Waals surface area contributed by atoms with E-state index in [1.807, 2.05) is 25.1 Å². The lowest BCUT2D eigenvalue weighted by Crippen LogP contribution is -2.33. The first kappa shape index (κ1) is 21.0. The summed E-state index contributed by atoms with van der Waals surface area (Å²) in [5, 5.41) is 11.9. The second-order valence-corrected chi connectivity index (χ2v) is 7.05. The predicted octanol–water partition coefficient (Wildman–Crippen LogP) is 3.15. The van der Waals surface area contributed by atoms with E-state index in [2.05, 4.69) is 30.7 Å². The SMILES string of the molecule is Cc1cc(-c2cnc(CN/C(NN)=C(\F)C(=N)c3ccc4ncccc4c3)cn2)ccn1. The molecular weight excluding hydrogens is 407 g/mol. The average Bonchev–Trinajstić information content (AvgIpc) is 2.84. The van der Waals surface area contributed by atoms with Crippen LogP contribution < -0.4 is 16.6 Å². The molecule has 0 atom stereocenters. The van der Waals surface area contributed by atoms with Gasteiger partial charge in [0.25, 0.3) is 0 Å². The number of rotatable bonds is 7. The summed E-state index contributed by atoms with van der Waals surface area (Å²) in [5.41, 5.74) is 6.27. The van der Waals surface area contributed by atoms with Gasteiger partial charge in [0.05, 0.1) is 35.8 Å². The van der Waals surface area contributed by atoms with Crippen molar-refractivity contribution in [3.8, 4) is 11.3 Å². The van der Waals surface area contributed by atoms with Crippen molar-refractivity contribution in [3.05, 3.63) is 95.9 Å². The lowest BCUT2D eigenvalue weighted by atomic mass is 10.1. The molecule has 0 bridgehead atoms. The number of fused-ring (bicyclic) bond motifs is 1. The van der Waals surface area contributed by atoms with Crippen LogP contribution in [0.5, 0.6) is 0 Å². The zero-order valence-corrected chi connectivity index (χ0v) is 17.3. The van der Waals surface area contributed by atoms with Gasteiger partial charge in [0.2, 0.25) is 0 Å². The Hall–Kier alpha value is -4.24. The molecule has 0 saturated carbocycles. The normalized spacial score (nSPS) is 11.7. The van der Waals surface area contributed by atoms with E-state index in [9.17, 15) is 4.39 Å². The van der Waals surface area contributed by atoms with Crippen LogP contribution in [0.1, 0.15) is 17.0 Å². The summed E-state index contributed by atoms with van der Waals surface area (Å²) >= 11 is 0. The van der Waals surface area contributed by atoms with Gasteiger partial charge in [0, 0.05) is 34.6 Å². The second-order valence-electron chi connectivity index (χ2n) is 7.05. The number of nitrogens with one attached hydrogen (secondary N) is 3. The number of halogens is 1. The van der Waals surface area contributed by atoms with Gasteiger partial charge >= 0.3 is 0 Å². The van der Waals surface area contributed by atoms with E-state index in [4.69, 9.17) is 11.3 Å². The van der Waals surface area contributed by atoms with Gasteiger partial charge in [-0.05, 0) is 37.3 Å². The Kier molecular flexibility index (Phi) is 6.09. The molecule has 8 nitrogen and oxygen atoms in total. The molecule has 32 heavy (non-hydrogen) atoms. The molecule has 1 aromatic carbocycles. The van der Waals surface area contributed by atoms with E-state index in [-0.39, 0.29) is 18.1 Å². The molecule has 4 rings (SSSR count). The van der Waals surface area contributed by atoms with Gasteiger partial charge in [-0.2, -0.15) is 0 Å². The first-order valence-electron chi connectivity index (χ1n) is 9.83. The van der Waals surface area contributed by atoms with Gasteiger partial charge in [-0.1, -0.05) is 12.1 Å². The highest BCUT2D eigenvalue weighted by Gasteiger charge is 2.14. The van der Waals surface area contributed by atoms with Crippen LogP contribution in [-0.4, -0.2) is 25.6 Å². The summed E-state index contributed by atoms with van der Waals surface area (Å²) in [6.45, 7) is 2.08. The number of hydrazine groups is 1. The molecule has 0 aliphatic heterocycles. The number of aromatic nitrogens is 4. The quantitative estimate of drug-likeness (QED) is 0.202. The molecule has 3 heterocycles. The van der Waals surface area contributed by atoms with Gasteiger partial charge < -0.3 is 10.7 Å². The Balaban J connectivity index is 1.48. The molecule has 0 fully saturated rings. The minimum Gasteiger partial charge on any atom is -0.363 e. The van der Waals surface area contributed by atoms with Crippen molar-refractivity contribution < 1.29 is 4.39 Å². The number of pyridine rings is 2. The van der Waals surface area contributed by atoms with E-state index >= 15 is 0 Å². The fraction of sp³-hybridized carbons (Fsp3) is 0.0870. The van der Waals surface area contributed by atoms with E-state index in [1.54, 1.807) is 49.1 Å². The van der Waals surface area contributed by atoms with E-state index in [1.165, 1.54) is 0 Å². The first-order valence-corrected chi connectivity index (χ1v) is 9.83. The third-order valence-electron chi connectivity index (χ3n) is 4.82. The fourth-order valence-electron chi connectivity index (χ4n) is 3.15. The molecule has 0 radical (unpaired) electrons. The molecule has 0 amide bonds. The van der Waals surface area contributed by atoms with Crippen LogP contribution in [-0.2, 0) is 6.54 Å². The topological polar surface area (TPSA) is 125 Å². The predicted molar refractivity (Wildman–Crippen MR) is 121 cm³/mol. The summed E-state index contributed by atoms with van der Waals surface area (Å²) in [6.07, 6.45) is 6.65. The molecule has 3 aromatic heterocycles. The molecule has 9 heteroatoms. The van der Waals surface area contributed by atoms with Crippen LogP contribution in [0.25, 0.3) is 22.2 Å². The molecule has 0 aliphatic rings. The Morgan fingerprint density at radius 3 is 2.66 bits per heavy atom. The number of hydrogen-bond donors (Lipinski definition) is 4. The first-order chi connectivity index (χ1) is 15.5. The highest BCUT2D eigenvalue weighted by molar-refractivity contribution is 6.10. The summed E-state index contributed by atoms with van der Waals surface area (Å²) < 4.78 is 15.0. The summed E-state index contributed by atoms with van der Waals surface area (Å²) in [4.78, 5) is 17.2. The van der Waals surface area contributed by atoms with Crippen LogP contribution in [0.2, 0.25) is 0 Å². The van der Waals surface area contributed by atoms with Crippen LogP contribution >= 0.6 is 0 Å². The van der Waals surface area contributed by atoms with Crippen LogP contribution in [0, 0.1) is 12.3 Å². The third kappa shape index (κ3) is 4.57. The number of nitrogens with two attached hydrogens (primary N) is 1. The van der Waals surface area contributed by atoms with E-state index < -0.39 is 5.83 Å². The van der Waals surface area contributed by atoms with E-state index in [0.717, 1.165) is 22.2 Å². The molecule has 160 valence electrons. The maximum absolute atomic E-state index is 15.0. The lowest BCUT2D eigenvalue weighted by Gasteiger charge is -2.13. The second kappa shape index (κ2) is 9.27. The van der Waals surface area contributed by atoms with Gasteiger partial charge in [-0.25, -0.2) is 10.2 Å². The maximum Gasteiger partial charge on any atom is 0.189 e. The molecule has 0 aliphatic carbocycles. The third-order valence-corrected chi connectivity index (χ3v) is 4.82. The van der Waals surface area contributed by atoms with Gasteiger partial charge in [-0.3, -0.25) is 25.3 Å². The number of allylic oxidation sites excluding steroid dienone is 1. The number of hydrogen-bond acceptors (Lipinski definition) is 8. The van der Waals surface area contributed by atoms with Crippen molar-refractivity contribution >= 4 is 16.6 Å². The smallest absolute Gasteiger partial charge is 0.189 e. The minimum atomic E-state index is -0.812. The minimum absolute atomic E-state index is 0.114. The summed E-state index contributed by atoms with van der Waals surface area (Å²) in [6, 6.07) is 12.5. The monoisotopic (exact) mass is 428 g/mol. The number of nitrogens with zero attached hydrogens (tertiary/aromatic N) is 4. The number of benzene rings is 1. The van der Waals surface area contributed by atoms with Crippen LogP contribution in [0.3, 0.4) is 0 Å². The molecule has 0 spiro atoms. The van der Waals surface area contributed by atoms with Crippen LogP contribution in [0.15, 0.2) is 78.9 Å². The van der Waals surface area contributed by atoms with Crippen molar-refractivity contribution in [2.75, 3.05) is 0 Å². The Morgan fingerprint density at radius 1 is 1.03 bits per heavy atom. The van der Waals surface area contributed by atoms with E-state index in [0.29, 0.717) is 17.0 Å². The molecule has 5 N–H and O–H groups in total. The van der Waals surface area contributed by atoms with Crippen molar-refractivity contribution in [2.24, 2.45) is 5.84 Å². The average molecular weight is 428 g/mol. The van der Waals surface area contributed by atoms with Crippen molar-refractivity contribution in [1.82, 2.24) is 30.7 Å².